The van der Waals surface area contributed by atoms with Crippen molar-refractivity contribution in [3.8, 4) is 0 Å². The maximum atomic E-state index is 11.8. The SMILES string of the molecule is NC[C@@H]1O[C@H](O[C@H]2[C@@H](O)[C@H](O[C@@H]3[C@@H](O)[C@H](N)C[C@H](N)[C@H]3O[C@H]3O[C@H](CO)[C@@H](O)[C@H](O)[C@H]3N)O[C@@H]2C=O)[C@H](N)[C@@H](O)[C@@H]1O. The number of carbonyl (C=O) groups excluding carboxylic acids is 1. The molecule has 0 amide bonds. The third kappa shape index (κ3) is 6.49. The Hall–Kier alpha value is -1.05. The second kappa shape index (κ2) is 13.9. The number of hydrogen-bond acceptors (Lipinski definition) is 19. The summed E-state index contributed by atoms with van der Waals surface area (Å²) in [7, 11) is 0. The first kappa shape index (κ1) is 33.8. The van der Waals surface area contributed by atoms with Crippen LogP contribution in [0.4, 0.5) is 0 Å². The maximum Gasteiger partial charge on any atom is 0.187 e. The van der Waals surface area contributed by atoms with E-state index >= 15 is 0 Å². The average Bonchev–Trinajstić information content (AvgIpc) is 3.27. The fourth-order valence-corrected chi connectivity index (χ4v) is 5.61. The molecule has 0 radical (unpaired) electrons. The van der Waals surface area contributed by atoms with E-state index in [1.165, 1.54) is 0 Å². The van der Waals surface area contributed by atoms with Crippen LogP contribution in [0.3, 0.4) is 0 Å². The van der Waals surface area contributed by atoms with E-state index in [4.69, 9.17) is 57.1 Å². The van der Waals surface area contributed by atoms with Crippen LogP contribution in [0.15, 0.2) is 0 Å². The lowest BCUT2D eigenvalue weighted by molar-refractivity contribution is -0.310. The normalized spacial score (nSPS) is 53.7. The van der Waals surface area contributed by atoms with Gasteiger partial charge in [-0.3, -0.25) is 0 Å². The fraction of sp³-hybridized carbons (Fsp3) is 0.957. The summed E-state index contributed by atoms with van der Waals surface area (Å²) in [6.07, 6.45) is -20.9. The van der Waals surface area contributed by atoms with E-state index in [2.05, 4.69) is 0 Å². The highest BCUT2D eigenvalue weighted by Gasteiger charge is 2.54. The number of ether oxygens (including phenoxy) is 6. The molecule has 0 aromatic carbocycles. The van der Waals surface area contributed by atoms with Crippen molar-refractivity contribution >= 4 is 6.29 Å². The van der Waals surface area contributed by atoms with Crippen molar-refractivity contribution in [3.05, 3.63) is 0 Å². The molecule has 3 saturated heterocycles. The largest absolute Gasteiger partial charge is 0.394 e. The molecule has 0 bridgehead atoms. The summed E-state index contributed by atoms with van der Waals surface area (Å²) in [4.78, 5) is 11.8. The van der Waals surface area contributed by atoms with E-state index in [0.29, 0.717) is 6.29 Å². The molecule has 42 heavy (non-hydrogen) atoms. The second-order valence-corrected chi connectivity index (χ2v) is 11.1. The van der Waals surface area contributed by atoms with Crippen molar-refractivity contribution in [1.82, 2.24) is 0 Å². The minimum absolute atomic E-state index is 0.0480. The maximum absolute atomic E-state index is 11.8. The van der Waals surface area contributed by atoms with Gasteiger partial charge in [-0.25, -0.2) is 0 Å². The van der Waals surface area contributed by atoms with Gasteiger partial charge in [-0.1, -0.05) is 0 Å². The van der Waals surface area contributed by atoms with Crippen molar-refractivity contribution in [2.45, 2.75) is 123 Å². The number of aliphatic hydroxyl groups is 7. The van der Waals surface area contributed by atoms with Crippen LogP contribution in [0.25, 0.3) is 0 Å². The van der Waals surface area contributed by atoms with Crippen LogP contribution < -0.4 is 28.7 Å². The number of rotatable bonds is 9. The molecule has 19 heteroatoms. The number of hydrogen-bond donors (Lipinski definition) is 12. The first-order valence-corrected chi connectivity index (χ1v) is 13.6. The summed E-state index contributed by atoms with van der Waals surface area (Å²) in [5, 5.41) is 72.3. The predicted octanol–water partition coefficient (Wildman–Crippen LogP) is -8.66. The Kier molecular flexibility index (Phi) is 11.2. The molecular formula is C23H43N5O14. The second-order valence-electron chi connectivity index (χ2n) is 11.1. The molecule has 4 aliphatic rings. The number of carbonyl (C=O) groups is 1. The van der Waals surface area contributed by atoms with Gasteiger partial charge in [0.05, 0.1) is 24.8 Å². The quantitative estimate of drug-likeness (QED) is 0.107. The van der Waals surface area contributed by atoms with Crippen LogP contribution in [0.2, 0.25) is 0 Å². The molecule has 3 aliphatic heterocycles. The summed E-state index contributed by atoms with van der Waals surface area (Å²) >= 11 is 0. The Bertz CT molecular complexity index is 894. The van der Waals surface area contributed by atoms with Gasteiger partial charge in [0, 0.05) is 18.6 Å². The van der Waals surface area contributed by atoms with Crippen LogP contribution >= 0.6 is 0 Å². The molecule has 244 valence electrons. The van der Waals surface area contributed by atoms with Gasteiger partial charge in [0.25, 0.3) is 0 Å². The monoisotopic (exact) mass is 613 g/mol. The summed E-state index contributed by atoms with van der Waals surface area (Å²) in [5.41, 5.74) is 29.8. The summed E-state index contributed by atoms with van der Waals surface area (Å²) in [6.45, 7) is -0.857. The van der Waals surface area contributed by atoms with Gasteiger partial charge >= 0.3 is 0 Å². The smallest absolute Gasteiger partial charge is 0.187 e. The molecular weight excluding hydrogens is 570 g/mol. The van der Waals surface area contributed by atoms with Crippen molar-refractivity contribution in [2.75, 3.05) is 13.2 Å². The highest BCUT2D eigenvalue weighted by Crippen LogP contribution is 2.34. The molecule has 1 aliphatic carbocycles. The molecule has 0 aromatic rings. The van der Waals surface area contributed by atoms with Crippen LogP contribution in [0, 0.1) is 0 Å². The topological polar surface area (TPSA) is 344 Å². The molecule has 19 nitrogen and oxygen atoms in total. The molecule has 19 atom stereocenters. The standard InChI is InChI=1S/C23H43N5O14/c24-2-7-13(32)15(34)10(27)21(37-7)41-19-9(4-30)39-23(17(19)36)42-20-12(31)5(25)1-6(26)18(20)40-22-11(28)16(35)14(33)8(3-29)38-22/h4-23,29,31-36H,1-3,24-28H2/t5-,6+,7+,8-,9-,10-,11-,12+,13-,14-,15-,16-,17-,18-,19-,20-,21-,22-,23+/m1/s1. The molecule has 1 saturated carbocycles. The molecule has 4 rings (SSSR count). The van der Waals surface area contributed by atoms with Crippen LogP contribution in [0.1, 0.15) is 6.42 Å². The zero-order valence-electron chi connectivity index (χ0n) is 22.5. The van der Waals surface area contributed by atoms with Crippen LogP contribution in [-0.2, 0) is 33.2 Å². The van der Waals surface area contributed by atoms with Gasteiger partial charge in [-0.2, -0.15) is 0 Å². The average molecular weight is 614 g/mol. The minimum atomic E-state index is -1.69. The molecule has 4 fully saturated rings. The van der Waals surface area contributed by atoms with Gasteiger partial charge in [-0.15, -0.1) is 0 Å². The molecule has 3 heterocycles. The lowest BCUT2D eigenvalue weighted by Crippen LogP contribution is -2.68. The third-order valence-electron chi connectivity index (χ3n) is 8.21. The van der Waals surface area contributed by atoms with E-state index in [1.807, 2.05) is 0 Å². The van der Waals surface area contributed by atoms with Crippen molar-refractivity contribution < 1.29 is 69.0 Å². The number of nitrogens with two attached hydrogens (primary N) is 5. The van der Waals surface area contributed by atoms with E-state index in [0.717, 1.165) is 0 Å². The van der Waals surface area contributed by atoms with E-state index in [1.54, 1.807) is 0 Å². The van der Waals surface area contributed by atoms with Gasteiger partial charge in [0.2, 0.25) is 0 Å². The number of aliphatic hydroxyl groups excluding tert-OH is 7. The van der Waals surface area contributed by atoms with Gasteiger partial charge in [0.1, 0.15) is 67.1 Å². The Labute approximate surface area is 240 Å². The molecule has 17 N–H and O–H groups in total. The highest BCUT2D eigenvalue weighted by molar-refractivity contribution is 5.58. The summed E-state index contributed by atoms with van der Waals surface area (Å²) in [6, 6.07) is -4.39. The number of aldehydes is 1. The lowest BCUT2D eigenvalue weighted by Gasteiger charge is -2.47. The van der Waals surface area contributed by atoms with Gasteiger partial charge in [-0.05, 0) is 6.42 Å². The fourth-order valence-electron chi connectivity index (χ4n) is 5.61. The van der Waals surface area contributed by atoms with E-state index in [-0.39, 0.29) is 13.0 Å². The highest BCUT2D eigenvalue weighted by atomic mass is 16.8. The van der Waals surface area contributed by atoms with Gasteiger partial charge < -0.3 is 97.6 Å². The van der Waals surface area contributed by atoms with E-state index in [9.17, 15) is 40.5 Å². The Balaban J connectivity index is 1.50. The van der Waals surface area contributed by atoms with Crippen molar-refractivity contribution in [2.24, 2.45) is 28.7 Å². The Morgan fingerprint density at radius 2 is 1.17 bits per heavy atom. The van der Waals surface area contributed by atoms with E-state index < -0.39 is 123 Å². The summed E-state index contributed by atoms with van der Waals surface area (Å²) in [5.74, 6) is 0. The first-order chi connectivity index (χ1) is 19.8. The Morgan fingerprint density at radius 1 is 0.643 bits per heavy atom. The zero-order chi connectivity index (χ0) is 31.0. The minimum Gasteiger partial charge on any atom is -0.394 e. The van der Waals surface area contributed by atoms with Crippen LogP contribution in [-0.4, -0.2) is 171 Å². The zero-order valence-corrected chi connectivity index (χ0v) is 22.5. The lowest BCUT2D eigenvalue weighted by atomic mass is 9.84. The molecule has 0 unspecified atom stereocenters. The molecule has 0 aromatic heterocycles. The molecule has 0 spiro atoms. The first-order valence-electron chi connectivity index (χ1n) is 13.6. The van der Waals surface area contributed by atoms with Crippen molar-refractivity contribution in [1.29, 1.82) is 0 Å². The predicted molar refractivity (Wildman–Crippen MR) is 135 cm³/mol. The Morgan fingerprint density at radius 3 is 1.71 bits per heavy atom. The van der Waals surface area contributed by atoms with Gasteiger partial charge in [0.15, 0.2) is 25.2 Å². The van der Waals surface area contributed by atoms with Crippen LogP contribution in [0.5, 0.6) is 0 Å². The third-order valence-corrected chi connectivity index (χ3v) is 8.21. The summed E-state index contributed by atoms with van der Waals surface area (Å²) < 4.78 is 34.1. The van der Waals surface area contributed by atoms with Crippen molar-refractivity contribution in [3.63, 3.8) is 0 Å².